The minimum atomic E-state index is -3.81. The van der Waals surface area contributed by atoms with E-state index in [-0.39, 0.29) is 11.3 Å². The van der Waals surface area contributed by atoms with E-state index in [4.69, 9.17) is 9.88 Å². The van der Waals surface area contributed by atoms with E-state index >= 15 is 0 Å². The number of hydrogen-bond acceptors (Lipinski definition) is 5. The molecule has 23 heavy (non-hydrogen) atoms. The van der Waals surface area contributed by atoms with Gasteiger partial charge in [-0.2, -0.15) is 0 Å². The maximum Gasteiger partial charge on any atom is 0.408 e. The minimum Gasteiger partial charge on any atom is -0.480 e. The van der Waals surface area contributed by atoms with Crippen molar-refractivity contribution in [3.8, 4) is 0 Å². The van der Waals surface area contributed by atoms with E-state index in [2.05, 4.69) is 5.32 Å². The van der Waals surface area contributed by atoms with Crippen molar-refractivity contribution in [2.75, 3.05) is 0 Å². The first-order valence-electron chi connectivity index (χ1n) is 6.72. The van der Waals surface area contributed by atoms with Gasteiger partial charge in [-0.05, 0) is 38.5 Å². The van der Waals surface area contributed by atoms with E-state index in [0.29, 0.717) is 5.56 Å². The summed E-state index contributed by atoms with van der Waals surface area (Å²) < 4.78 is 27.3. The molecule has 1 aromatic rings. The molecule has 0 fully saturated rings. The fourth-order valence-corrected chi connectivity index (χ4v) is 2.22. The van der Waals surface area contributed by atoms with Gasteiger partial charge >= 0.3 is 12.1 Å². The lowest BCUT2D eigenvalue weighted by molar-refractivity contribution is -0.139. The molecule has 1 aromatic carbocycles. The lowest BCUT2D eigenvalue weighted by Gasteiger charge is -2.22. The van der Waals surface area contributed by atoms with Crippen molar-refractivity contribution in [2.45, 2.75) is 43.7 Å². The number of carboxylic acids is 1. The van der Waals surface area contributed by atoms with Crippen LogP contribution in [-0.2, 0) is 26.0 Å². The predicted octanol–water partition coefficient (Wildman–Crippen LogP) is 0.854. The normalized spacial score (nSPS) is 13.2. The number of benzene rings is 1. The molecule has 0 heterocycles. The third-order valence-corrected chi connectivity index (χ3v) is 3.61. The number of nitrogens with two attached hydrogens (primary N) is 1. The highest BCUT2D eigenvalue weighted by atomic mass is 32.2. The number of hydrogen-bond donors (Lipinski definition) is 3. The van der Waals surface area contributed by atoms with E-state index < -0.39 is 33.7 Å². The summed E-state index contributed by atoms with van der Waals surface area (Å²) in [7, 11) is -3.81. The Hall–Kier alpha value is -2.13. The number of carbonyl (C=O) groups is 2. The molecule has 0 aliphatic rings. The molecule has 1 amide bonds. The molecule has 0 unspecified atom stereocenters. The monoisotopic (exact) mass is 344 g/mol. The third kappa shape index (κ3) is 6.66. The molecule has 0 saturated heterocycles. The summed E-state index contributed by atoms with van der Waals surface area (Å²) >= 11 is 0. The summed E-state index contributed by atoms with van der Waals surface area (Å²) in [5.74, 6) is -1.23. The van der Waals surface area contributed by atoms with Gasteiger partial charge < -0.3 is 15.2 Å². The SMILES string of the molecule is CC(C)(C)OC(=O)N[C@@H](Cc1ccc(S(N)(=O)=O)cc1)C(=O)O. The van der Waals surface area contributed by atoms with Gasteiger partial charge in [0.2, 0.25) is 10.0 Å². The Morgan fingerprint density at radius 1 is 1.26 bits per heavy atom. The molecule has 1 rings (SSSR count). The number of sulfonamides is 1. The van der Waals surface area contributed by atoms with Gasteiger partial charge in [0, 0.05) is 6.42 Å². The Morgan fingerprint density at radius 2 is 1.78 bits per heavy atom. The number of aliphatic carboxylic acids is 1. The van der Waals surface area contributed by atoms with E-state index in [1.807, 2.05) is 0 Å². The molecule has 1 atom stereocenters. The number of amides is 1. The number of primary sulfonamides is 1. The van der Waals surface area contributed by atoms with Crippen LogP contribution >= 0.6 is 0 Å². The van der Waals surface area contributed by atoms with Crippen LogP contribution in [0.2, 0.25) is 0 Å². The zero-order valence-electron chi connectivity index (χ0n) is 13.1. The fourth-order valence-electron chi connectivity index (χ4n) is 1.70. The van der Waals surface area contributed by atoms with Crippen LogP contribution in [0.3, 0.4) is 0 Å². The summed E-state index contributed by atoms with van der Waals surface area (Å²) in [6, 6.07) is 4.22. The van der Waals surface area contributed by atoms with Crippen molar-refractivity contribution < 1.29 is 27.9 Å². The van der Waals surface area contributed by atoms with Gasteiger partial charge in [-0.3, -0.25) is 0 Å². The molecular formula is C14H20N2O6S. The van der Waals surface area contributed by atoms with Crippen molar-refractivity contribution in [1.29, 1.82) is 0 Å². The summed E-state index contributed by atoms with van der Waals surface area (Å²) in [5.41, 5.74) is -0.217. The van der Waals surface area contributed by atoms with Crippen molar-refractivity contribution in [3.05, 3.63) is 29.8 Å². The van der Waals surface area contributed by atoms with Crippen molar-refractivity contribution in [3.63, 3.8) is 0 Å². The van der Waals surface area contributed by atoms with Crippen LogP contribution in [-0.4, -0.2) is 37.2 Å². The van der Waals surface area contributed by atoms with E-state index in [1.165, 1.54) is 24.3 Å². The molecule has 0 radical (unpaired) electrons. The van der Waals surface area contributed by atoms with Crippen molar-refractivity contribution >= 4 is 22.1 Å². The maximum absolute atomic E-state index is 11.7. The third-order valence-electron chi connectivity index (χ3n) is 2.68. The van der Waals surface area contributed by atoms with Crippen LogP contribution in [0.15, 0.2) is 29.2 Å². The number of alkyl carbamates (subject to hydrolysis) is 1. The molecule has 0 aliphatic carbocycles. The van der Waals surface area contributed by atoms with Gasteiger partial charge in [0.05, 0.1) is 4.90 Å². The first-order chi connectivity index (χ1) is 10.4. The van der Waals surface area contributed by atoms with E-state index in [0.717, 1.165) is 0 Å². The van der Waals surface area contributed by atoms with Crippen LogP contribution < -0.4 is 10.5 Å². The lowest BCUT2D eigenvalue weighted by Crippen LogP contribution is -2.44. The van der Waals surface area contributed by atoms with Crippen LogP contribution in [0.5, 0.6) is 0 Å². The standard InChI is InChI=1S/C14H20N2O6S/c1-14(2,3)22-13(19)16-11(12(17)18)8-9-4-6-10(7-5-9)23(15,20)21/h4-7,11H,8H2,1-3H3,(H,16,19)(H,17,18)(H2,15,20,21)/t11-/m0/s1. The Labute approximate surface area is 134 Å². The largest absolute Gasteiger partial charge is 0.480 e. The maximum atomic E-state index is 11.7. The Balaban J connectivity index is 2.81. The van der Waals surface area contributed by atoms with Crippen LogP contribution in [0.25, 0.3) is 0 Å². The minimum absolute atomic E-state index is 0.0283. The Bertz CT molecular complexity index is 676. The second kappa shape index (κ2) is 6.97. The number of carboxylic acid groups (broad SMARTS) is 1. The summed E-state index contributed by atoms with van der Waals surface area (Å²) in [6.07, 6.45) is -0.870. The summed E-state index contributed by atoms with van der Waals surface area (Å²) in [5, 5.41) is 16.4. The zero-order chi connectivity index (χ0) is 17.8. The molecule has 9 heteroatoms. The second-order valence-electron chi connectivity index (χ2n) is 5.93. The molecule has 128 valence electrons. The van der Waals surface area contributed by atoms with Gasteiger partial charge in [-0.1, -0.05) is 12.1 Å². The van der Waals surface area contributed by atoms with Crippen LogP contribution in [0.1, 0.15) is 26.3 Å². The van der Waals surface area contributed by atoms with Crippen LogP contribution in [0, 0.1) is 0 Å². The predicted molar refractivity (Wildman–Crippen MR) is 82.3 cm³/mol. The smallest absolute Gasteiger partial charge is 0.408 e. The zero-order valence-corrected chi connectivity index (χ0v) is 13.9. The first kappa shape index (κ1) is 18.9. The first-order valence-corrected chi connectivity index (χ1v) is 8.27. The van der Waals surface area contributed by atoms with Gasteiger partial charge in [-0.15, -0.1) is 0 Å². The Kier molecular flexibility index (Phi) is 5.73. The highest BCUT2D eigenvalue weighted by molar-refractivity contribution is 7.89. The highest BCUT2D eigenvalue weighted by Gasteiger charge is 2.24. The molecule has 0 bridgehead atoms. The van der Waals surface area contributed by atoms with Crippen molar-refractivity contribution in [2.24, 2.45) is 5.14 Å². The lowest BCUT2D eigenvalue weighted by atomic mass is 10.1. The molecule has 0 spiro atoms. The number of ether oxygens (including phenoxy) is 1. The molecule has 4 N–H and O–H groups in total. The molecule has 8 nitrogen and oxygen atoms in total. The second-order valence-corrected chi connectivity index (χ2v) is 7.49. The van der Waals surface area contributed by atoms with Gasteiger partial charge in [0.25, 0.3) is 0 Å². The van der Waals surface area contributed by atoms with E-state index in [1.54, 1.807) is 20.8 Å². The van der Waals surface area contributed by atoms with E-state index in [9.17, 15) is 23.1 Å². The average Bonchev–Trinajstić information content (AvgIpc) is 2.35. The number of carbonyl (C=O) groups excluding carboxylic acids is 1. The molecule has 0 aromatic heterocycles. The van der Waals surface area contributed by atoms with Gasteiger partial charge in [0.15, 0.2) is 0 Å². The number of rotatable bonds is 5. The quantitative estimate of drug-likeness (QED) is 0.724. The van der Waals surface area contributed by atoms with Gasteiger partial charge in [0.1, 0.15) is 11.6 Å². The molecular weight excluding hydrogens is 324 g/mol. The molecule has 0 saturated carbocycles. The van der Waals surface area contributed by atoms with Crippen LogP contribution in [0.4, 0.5) is 4.79 Å². The molecule has 0 aliphatic heterocycles. The topological polar surface area (TPSA) is 136 Å². The summed E-state index contributed by atoms with van der Waals surface area (Å²) in [6.45, 7) is 4.98. The summed E-state index contributed by atoms with van der Waals surface area (Å²) in [4.78, 5) is 22.8. The van der Waals surface area contributed by atoms with Gasteiger partial charge in [-0.25, -0.2) is 23.1 Å². The highest BCUT2D eigenvalue weighted by Crippen LogP contribution is 2.12. The van der Waals surface area contributed by atoms with Crippen molar-refractivity contribution in [1.82, 2.24) is 5.32 Å². The Morgan fingerprint density at radius 3 is 2.17 bits per heavy atom. The average molecular weight is 344 g/mol. The number of nitrogens with one attached hydrogen (secondary N) is 1. The fraction of sp³-hybridized carbons (Fsp3) is 0.429.